The fraction of sp³-hybridized carbons (Fsp3) is 0.238. The summed E-state index contributed by atoms with van der Waals surface area (Å²) < 4.78 is 1.01. The van der Waals surface area contributed by atoms with Gasteiger partial charge in [0.25, 0.3) is 16.9 Å². The van der Waals surface area contributed by atoms with Gasteiger partial charge in [0, 0.05) is 5.69 Å². The van der Waals surface area contributed by atoms with Gasteiger partial charge in [-0.3, -0.25) is 14.5 Å². The minimum absolute atomic E-state index is 0.0532. The number of aromatic nitrogens is 3. The number of hydrogen-bond donors (Lipinski definition) is 2. The predicted molar refractivity (Wildman–Crippen MR) is 112 cm³/mol. The van der Waals surface area contributed by atoms with Crippen LogP contribution in [0, 0.1) is 20.1 Å². The van der Waals surface area contributed by atoms with E-state index in [4.69, 9.17) is 13.1 Å². The maximum atomic E-state index is 13.1. The summed E-state index contributed by atoms with van der Waals surface area (Å²) in [7, 11) is 0. The normalized spacial score (nSPS) is 11.4. The average Bonchev–Trinajstić information content (AvgIpc) is 3.12. The van der Waals surface area contributed by atoms with E-state index >= 15 is 0 Å². The Labute approximate surface area is 173 Å². The third-order valence-electron chi connectivity index (χ3n) is 4.49. The van der Waals surface area contributed by atoms with Crippen molar-refractivity contribution in [1.82, 2.24) is 14.8 Å². The number of aromatic hydroxyl groups is 1. The molecule has 0 bridgehead atoms. The lowest BCUT2D eigenvalue weighted by Crippen LogP contribution is -2.18. The van der Waals surface area contributed by atoms with Crippen LogP contribution < -0.4 is 5.56 Å². The Morgan fingerprint density at radius 1 is 1.10 bits per heavy atom. The van der Waals surface area contributed by atoms with E-state index in [-0.39, 0.29) is 33.9 Å². The fourth-order valence-corrected chi connectivity index (χ4v) is 2.94. The standard InChI is InChI=1S/C21H19N7O2/c1-12-14(22-5)19(29)28(13-10-8-7-9-11-13)20(30)15(12)24-26-18-16(23-6)17(25-27-18)21(2,3)4/h7-11,29H,1-4H3,(H,25,27). The zero-order valence-electron chi connectivity index (χ0n) is 16.9. The first-order valence-electron chi connectivity index (χ1n) is 9.00. The quantitative estimate of drug-likeness (QED) is 0.454. The molecule has 0 unspecified atom stereocenters. The molecule has 2 aromatic heterocycles. The van der Waals surface area contributed by atoms with Crippen LogP contribution in [0.4, 0.5) is 22.9 Å². The second kappa shape index (κ2) is 7.64. The van der Waals surface area contributed by atoms with Crippen molar-refractivity contribution in [2.24, 2.45) is 10.2 Å². The monoisotopic (exact) mass is 401 g/mol. The van der Waals surface area contributed by atoms with Crippen molar-refractivity contribution in [3.63, 3.8) is 0 Å². The number of H-pyrrole nitrogens is 1. The molecule has 3 rings (SSSR count). The smallest absolute Gasteiger partial charge is 0.283 e. The number of rotatable bonds is 3. The average molecular weight is 401 g/mol. The second-order valence-electron chi connectivity index (χ2n) is 7.57. The van der Waals surface area contributed by atoms with Gasteiger partial charge in [0.2, 0.25) is 11.7 Å². The Morgan fingerprint density at radius 3 is 2.30 bits per heavy atom. The van der Waals surface area contributed by atoms with Gasteiger partial charge in [0.15, 0.2) is 0 Å². The summed E-state index contributed by atoms with van der Waals surface area (Å²) in [5, 5.41) is 25.4. The minimum Gasteiger partial charge on any atom is -0.502 e. The van der Waals surface area contributed by atoms with Crippen molar-refractivity contribution >= 4 is 22.9 Å². The lowest BCUT2D eigenvalue weighted by atomic mass is 9.91. The predicted octanol–water partition coefficient (Wildman–Crippen LogP) is 5.39. The lowest BCUT2D eigenvalue weighted by Gasteiger charge is -2.16. The first kappa shape index (κ1) is 20.5. The molecule has 1 aromatic carbocycles. The molecule has 9 nitrogen and oxygen atoms in total. The van der Waals surface area contributed by atoms with Crippen LogP contribution in [0.3, 0.4) is 0 Å². The molecule has 9 heteroatoms. The first-order chi connectivity index (χ1) is 14.2. The van der Waals surface area contributed by atoms with Crippen molar-refractivity contribution in [2.75, 3.05) is 0 Å². The van der Waals surface area contributed by atoms with Crippen LogP contribution in [0.15, 0.2) is 45.4 Å². The van der Waals surface area contributed by atoms with Gasteiger partial charge in [0.05, 0.1) is 18.8 Å². The van der Waals surface area contributed by atoms with Crippen molar-refractivity contribution < 1.29 is 5.11 Å². The molecule has 2 N–H and O–H groups in total. The molecule has 30 heavy (non-hydrogen) atoms. The van der Waals surface area contributed by atoms with Crippen molar-refractivity contribution in [3.05, 3.63) is 74.8 Å². The number of para-hydroxylation sites is 1. The molecule has 0 radical (unpaired) electrons. The number of azo groups is 1. The number of nitrogens with one attached hydrogen (secondary N) is 1. The van der Waals surface area contributed by atoms with Crippen molar-refractivity contribution in [2.45, 2.75) is 33.1 Å². The highest BCUT2D eigenvalue weighted by molar-refractivity contribution is 5.70. The van der Waals surface area contributed by atoms with Gasteiger partial charge in [-0.15, -0.1) is 10.2 Å². The second-order valence-corrected chi connectivity index (χ2v) is 7.57. The van der Waals surface area contributed by atoms with Crippen LogP contribution in [-0.2, 0) is 5.41 Å². The topological polar surface area (TPSA) is 104 Å². The molecule has 0 atom stereocenters. The number of aromatic amines is 1. The van der Waals surface area contributed by atoms with Crippen LogP contribution in [0.1, 0.15) is 32.0 Å². The molecular weight excluding hydrogens is 382 g/mol. The van der Waals surface area contributed by atoms with Gasteiger partial charge in [-0.25, -0.2) is 9.69 Å². The van der Waals surface area contributed by atoms with Crippen LogP contribution in [-0.4, -0.2) is 19.9 Å². The summed E-state index contributed by atoms with van der Waals surface area (Å²) >= 11 is 0. The molecule has 0 fully saturated rings. The zero-order chi connectivity index (χ0) is 22.1. The van der Waals surface area contributed by atoms with Crippen LogP contribution in [0.25, 0.3) is 15.4 Å². The maximum Gasteiger partial charge on any atom is 0.283 e. The molecule has 0 aliphatic heterocycles. The molecule has 3 aromatic rings. The van der Waals surface area contributed by atoms with Crippen LogP contribution in [0.5, 0.6) is 5.88 Å². The molecule has 2 heterocycles. The van der Waals surface area contributed by atoms with Crippen LogP contribution in [0.2, 0.25) is 0 Å². The van der Waals surface area contributed by atoms with Gasteiger partial charge in [0.1, 0.15) is 5.69 Å². The molecule has 0 saturated carbocycles. The highest BCUT2D eigenvalue weighted by Crippen LogP contribution is 2.39. The van der Waals surface area contributed by atoms with Gasteiger partial charge in [-0.05, 0) is 30.0 Å². The molecule has 150 valence electrons. The summed E-state index contributed by atoms with van der Waals surface area (Å²) in [6.07, 6.45) is 0. The third kappa shape index (κ3) is 3.45. The van der Waals surface area contributed by atoms with Crippen molar-refractivity contribution in [1.29, 1.82) is 0 Å². The Morgan fingerprint density at radius 2 is 1.73 bits per heavy atom. The summed E-state index contributed by atoms with van der Waals surface area (Å²) in [6, 6.07) is 8.45. The molecule has 0 aliphatic rings. The van der Waals surface area contributed by atoms with E-state index < -0.39 is 11.4 Å². The van der Waals surface area contributed by atoms with E-state index in [9.17, 15) is 9.90 Å². The van der Waals surface area contributed by atoms with Crippen LogP contribution >= 0.6 is 0 Å². The Kier molecular flexibility index (Phi) is 5.22. The summed E-state index contributed by atoms with van der Waals surface area (Å²) in [6.45, 7) is 22.2. The highest BCUT2D eigenvalue weighted by Gasteiger charge is 2.25. The molecule has 0 aliphatic carbocycles. The van der Waals surface area contributed by atoms with E-state index in [0.717, 1.165) is 4.57 Å². The van der Waals surface area contributed by atoms with Crippen molar-refractivity contribution in [3.8, 4) is 11.6 Å². The number of hydrogen-bond acceptors (Lipinski definition) is 5. The maximum absolute atomic E-state index is 13.1. The minimum atomic E-state index is -0.636. The molecule has 0 amide bonds. The van der Waals surface area contributed by atoms with E-state index in [1.165, 1.54) is 6.92 Å². The Hall–Kier alpha value is -4.24. The van der Waals surface area contributed by atoms with Gasteiger partial charge in [-0.2, -0.15) is 5.10 Å². The van der Waals surface area contributed by atoms with E-state index in [0.29, 0.717) is 11.4 Å². The molecule has 0 spiro atoms. The first-order valence-corrected chi connectivity index (χ1v) is 9.00. The Balaban J connectivity index is 2.22. The van der Waals surface area contributed by atoms with Gasteiger partial charge >= 0.3 is 0 Å². The summed E-state index contributed by atoms with van der Waals surface area (Å²) in [4.78, 5) is 19.9. The van der Waals surface area contributed by atoms with Gasteiger partial charge < -0.3 is 5.11 Å². The van der Waals surface area contributed by atoms with Gasteiger partial charge in [-0.1, -0.05) is 39.0 Å². The number of nitrogens with zero attached hydrogens (tertiary/aromatic N) is 6. The number of pyridine rings is 1. The largest absolute Gasteiger partial charge is 0.502 e. The number of benzene rings is 1. The molecule has 0 saturated heterocycles. The third-order valence-corrected chi connectivity index (χ3v) is 4.49. The lowest BCUT2D eigenvalue weighted by molar-refractivity contribution is 0.439. The summed E-state index contributed by atoms with van der Waals surface area (Å²) in [5.74, 6) is -0.410. The Bertz CT molecular complexity index is 1280. The highest BCUT2D eigenvalue weighted by atomic mass is 16.3. The van der Waals surface area contributed by atoms with E-state index in [2.05, 4.69) is 30.1 Å². The zero-order valence-corrected chi connectivity index (χ0v) is 16.9. The SMILES string of the molecule is [C-]#[N+]c1c(N=Nc2c(C)c([N+]#[C-])c(O)n(-c3ccccc3)c2=O)n[nH]c1C(C)(C)C. The fourth-order valence-electron chi connectivity index (χ4n) is 2.94. The van der Waals surface area contributed by atoms with E-state index in [1.807, 2.05) is 20.8 Å². The summed E-state index contributed by atoms with van der Waals surface area (Å²) in [5.41, 5.74) is 0.204. The molecular formula is C21H19N7O2. The van der Waals surface area contributed by atoms with E-state index in [1.54, 1.807) is 30.3 Å².